The highest BCUT2D eigenvalue weighted by atomic mass is 32.2. The lowest BCUT2D eigenvalue weighted by atomic mass is 10.1. The van der Waals surface area contributed by atoms with E-state index in [1.165, 1.54) is 0 Å². The van der Waals surface area contributed by atoms with Crippen molar-refractivity contribution >= 4 is 15.8 Å². The van der Waals surface area contributed by atoms with Crippen molar-refractivity contribution in [2.75, 3.05) is 4.72 Å². The zero-order valence-corrected chi connectivity index (χ0v) is 12.7. The average Bonchev–Trinajstić information content (AvgIpc) is 2.71. The second-order valence-corrected chi connectivity index (χ2v) is 6.50. The third kappa shape index (κ3) is 3.01. The summed E-state index contributed by atoms with van der Waals surface area (Å²) in [6.45, 7) is 5.76. The van der Waals surface area contributed by atoms with Crippen molar-refractivity contribution in [2.24, 2.45) is 0 Å². The highest BCUT2D eigenvalue weighted by molar-refractivity contribution is 7.92. The van der Waals surface area contributed by atoms with E-state index in [0.29, 0.717) is 5.82 Å². The van der Waals surface area contributed by atoms with E-state index >= 15 is 0 Å². The Balaban J connectivity index is 2.24. The number of hydrogen-bond donors (Lipinski definition) is 2. The van der Waals surface area contributed by atoms with E-state index in [0.717, 1.165) is 29.7 Å². The Labute approximate surface area is 119 Å². The molecule has 108 valence electrons. The lowest BCUT2D eigenvalue weighted by Gasteiger charge is -2.07. The topological polar surface area (TPSA) is 74.8 Å². The quantitative estimate of drug-likeness (QED) is 0.890. The molecule has 5 nitrogen and oxygen atoms in total. The summed E-state index contributed by atoms with van der Waals surface area (Å²) in [5, 5.41) is 6.72. The van der Waals surface area contributed by atoms with Gasteiger partial charge in [0.05, 0.1) is 4.90 Å². The number of anilines is 1. The first-order chi connectivity index (χ1) is 9.44. The molecule has 0 spiro atoms. The van der Waals surface area contributed by atoms with Gasteiger partial charge in [0, 0.05) is 11.3 Å². The standard InChI is InChI=1S/C14H19N3O2S/c1-4-5-12-6-8-13(9-7-12)20(18,19)17-14-10(2)11(3)15-16-14/h6-9H,4-5H2,1-3H3,(H2,15,16,17). The molecule has 0 atom stereocenters. The maximum Gasteiger partial charge on any atom is 0.263 e. The van der Waals surface area contributed by atoms with E-state index in [2.05, 4.69) is 21.8 Å². The number of nitrogens with one attached hydrogen (secondary N) is 2. The molecule has 0 saturated heterocycles. The molecule has 2 aromatic rings. The first kappa shape index (κ1) is 14.6. The normalized spacial score (nSPS) is 11.6. The van der Waals surface area contributed by atoms with Gasteiger partial charge in [0.25, 0.3) is 10.0 Å². The molecule has 1 aromatic heterocycles. The number of aromatic nitrogens is 2. The number of benzene rings is 1. The summed E-state index contributed by atoms with van der Waals surface area (Å²) in [6.07, 6.45) is 1.99. The minimum absolute atomic E-state index is 0.248. The third-order valence-electron chi connectivity index (χ3n) is 3.26. The molecule has 0 saturated carbocycles. The number of nitrogens with zero attached hydrogens (tertiary/aromatic N) is 1. The lowest BCUT2D eigenvalue weighted by molar-refractivity contribution is 0.601. The molecule has 1 aromatic carbocycles. The number of H-pyrrole nitrogens is 1. The van der Waals surface area contributed by atoms with Crippen LogP contribution in [0, 0.1) is 13.8 Å². The van der Waals surface area contributed by atoms with E-state index in [-0.39, 0.29) is 4.90 Å². The van der Waals surface area contributed by atoms with Crippen molar-refractivity contribution in [2.45, 2.75) is 38.5 Å². The number of aromatic amines is 1. The van der Waals surface area contributed by atoms with Gasteiger partial charge in [-0.1, -0.05) is 25.5 Å². The highest BCUT2D eigenvalue weighted by Gasteiger charge is 2.17. The number of aryl methyl sites for hydroxylation is 2. The van der Waals surface area contributed by atoms with Gasteiger partial charge in [0.1, 0.15) is 0 Å². The molecule has 6 heteroatoms. The van der Waals surface area contributed by atoms with Crippen molar-refractivity contribution in [3.63, 3.8) is 0 Å². The van der Waals surface area contributed by atoms with Gasteiger partial charge in [-0.25, -0.2) is 8.42 Å². The van der Waals surface area contributed by atoms with Crippen LogP contribution in [-0.4, -0.2) is 18.6 Å². The van der Waals surface area contributed by atoms with Crippen LogP contribution in [0.5, 0.6) is 0 Å². The van der Waals surface area contributed by atoms with Crippen molar-refractivity contribution < 1.29 is 8.42 Å². The first-order valence-corrected chi connectivity index (χ1v) is 8.05. The summed E-state index contributed by atoms with van der Waals surface area (Å²) in [5.74, 6) is 0.347. The molecule has 1 heterocycles. The maximum atomic E-state index is 12.3. The van der Waals surface area contributed by atoms with E-state index < -0.39 is 10.0 Å². The monoisotopic (exact) mass is 293 g/mol. The first-order valence-electron chi connectivity index (χ1n) is 6.57. The fourth-order valence-electron chi connectivity index (χ4n) is 1.89. The molecule has 0 unspecified atom stereocenters. The summed E-state index contributed by atoms with van der Waals surface area (Å²) in [6, 6.07) is 6.95. The van der Waals surface area contributed by atoms with Gasteiger partial charge in [0.2, 0.25) is 0 Å². The van der Waals surface area contributed by atoms with Crippen LogP contribution in [0.25, 0.3) is 0 Å². The Bertz CT molecular complexity index is 688. The lowest BCUT2D eigenvalue weighted by Crippen LogP contribution is -2.14. The predicted molar refractivity (Wildman–Crippen MR) is 79.3 cm³/mol. The predicted octanol–water partition coefficient (Wildman–Crippen LogP) is 2.78. The molecule has 0 bridgehead atoms. The minimum Gasteiger partial charge on any atom is -0.280 e. The van der Waals surface area contributed by atoms with Crippen LogP contribution >= 0.6 is 0 Å². The van der Waals surface area contributed by atoms with Gasteiger partial charge < -0.3 is 0 Å². The van der Waals surface area contributed by atoms with Crippen LogP contribution in [0.2, 0.25) is 0 Å². The molecule has 0 amide bonds. The molecule has 20 heavy (non-hydrogen) atoms. The third-order valence-corrected chi connectivity index (χ3v) is 4.61. The fourth-order valence-corrected chi connectivity index (χ4v) is 2.96. The van der Waals surface area contributed by atoms with Crippen LogP contribution < -0.4 is 4.72 Å². The molecule has 2 N–H and O–H groups in total. The molecule has 0 aliphatic rings. The van der Waals surface area contributed by atoms with Gasteiger partial charge in [-0.2, -0.15) is 5.10 Å². The van der Waals surface area contributed by atoms with E-state index in [1.54, 1.807) is 12.1 Å². The van der Waals surface area contributed by atoms with Crippen LogP contribution in [0.4, 0.5) is 5.82 Å². The molecule has 2 rings (SSSR count). The molecular weight excluding hydrogens is 274 g/mol. The Kier molecular flexibility index (Phi) is 4.13. The van der Waals surface area contributed by atoms with E-state index in [1.807, 2.05) is 26.0 Å². The highest BCUT2D eigenvalue weighted by Crippen LogP contribution is 2.19. The van der Waals surface area contributed by atoms with Crippen molar-refractivity contribution in [1.82, 2.24) is 10.2 Å². The number of hydrogen-bond acceptors (Lipinski definition) is 3. The van der Waals surface area contributed by atoms with Gasteiger partial charge in [-0.3, -0.25) is 9.82 Å². The number of sulfonamides is 1. The van der Waals surface area contributed by atoms with Crippen molar-refractivity contribution in [3.05, 3.63) is 41.1 Å². The number of rotatable bonds is 5. The van der Waals surface area contributed by atoms with Crippen LogP contribution in [0.1, 0.15) is 30.2 Å². The SMILES string of the molecule is CCCc1ccc(S(=O)(=O)Nc2n[nH]c(C)c2C)cc1. The largest absolute Gasteiger partial charge is 0.280 e. The van der Waals surface area contributed by atoms with Gasteiger partial charge in [0.15, 0.2) is 5.82 Å². The Morgan fingerprint density at radius 3 is 2.35 bits per heavy atom. The summed E-state index contributed by atoms with van der Waals surface area (Å²) in [4.78, 5) is 0.248. The van der Waals surface area contributed by atoms with Gasteiger partial charge in [-0.05, 0) is 38.0 Å². The summed E-state index contributed by atoms with van der Waals surface area (Å²) >= 11 is 0. The zero-order valence-electron chi connectivity index (χ0n) is 11.9. The summed E-state index contributed by atoms with van der Waals surface area (Å²) < 4.78 is 27.0. The Hall–Kier alpha value is -1.82. The minimum atomic E-state index is -3.59. The summed E-state index contributed by atoms with van der Waals surface area (Å²) in [5.41, 5.74) is 2.79. The maximum absolute atomic E-state index is 12.3. The zero-order chi connectivity index (χ0) is 14.8. The Morgan fingerprint density at radius 1 is 1.20 bits per heavy atom. The molecule has 0 fully saturated rings. The molecular formula is C14H19N3O2S. The summed E-state index contributed by atoms with van der Waals surface area (Å²) in [7, 11) is -3.59. The van der Waals surface area contributed by atoms with Gasteiger partial charge >= 0.3 is 0 Å². The van der Waals surface area contributed by atoms with E-state index in [4.69, 9.17) is 0 Å². The molecule has 0 aliphatic carbocycles. The van der Waals surface area contributed by atoms with Crippen LogP contribution in [0.3, 0.4) is 0 Å². The van der Waals surface area contributed by atoms with Crippen LogP contribution in [-0.2, 0) is 16.4 Å². The van der Waals surface area contributed by atoms with Crippen molar-refractivity contribution in [3.8, 4) is 0 Å². The van der Waals surface area contributed by atoms with E-state index in [9.17, 15) is 8.42 Å². The van der Waals surface area contributed by atoms with Gasteiger partial charge in [-0.15, -0.1) is 0 Å². The molecule has 0 aliphatic heterocycles. The second kappa shape index (κ2) is 5.66. The second-order valence-electron chi connectivity index (χ2n) is 4.82. The van der Waals surface area contributed by atoms with Crippen LogP contribution in [0.15, 0.2) is 29.2 Å². The average molecular weight is 293 g/mol. The fraction of sp³-hybridized carbons (Fsp3) is 0.357. The Morgan fingerprint density at radius 2 is 1.85 bits per heavy atom. The van der Waals surface area contributed by atoms with Crippen molar-refractivity contribution in [1.29, 1.82) is 0 Å². The smallest absolute Gasteiger partial charge is 0.263 e. The molecule has 0 radical (unpaired) electrons.